The Labute approximate surface area is 125 Å². The number of aromatic nitrogens is 3. The summed E-state index contributed by atoms with van der Waals surface area (Å²) in [6.07, 6.45) is 1.58. The van der Waals surface area contributed by atoms with Crippen molar-refractivity contribution in [3.05, 3.63) is 35.7 Å². The number of fused-ring (bicyclic) bond motifs is 1. The number of benzene rings is 1. The Morgan fingerprint density at radius 3 is 2.86 bits per heavy atom. The van der Waals surface area contributed by atoms with Crippen molar-refractivity contribution in [3.63, 3.8) is 0 Å². The number of hydrogen-bond acceptors (Lipinski definition) is 5. The quantitative estimate of drug-likeness (QED) is 0.807. The average Bonchev–Trinajstić information content (AvgIpc) is 3.06. The predicted octanol–water partition coefficient (Wildman–Crippen LogP) is 2.60. The van der Waals surface area contributed by atoms with Gasteiger partial charge >= 0.3 is 0 Å². The van der Waals surface area contributed by atoms with Crippen LogP contribution in [0, 0.1) is 6.92 Å². The van der Waals surface area contributed by atoms with Crippen LogP contribution in [0.4, 0.5) is 5.13 Å². The minimum Gasteiger partial charge on any atom is -0.494 e. The van der Waals surface area contributed by atoms with Crippen LogP contribution in [0.1, 0.15) is 16.1 Å². The van der Waals surface area contributed by atoms with Crippen molar-refractivity contribution in [2.75, 3.05) is 12.4 Å². The number of carbonyl (C=O) groups is 1. The monoisotopic (exact) mass is 302 g/mol. The Hall–Kier alpha value is -2.41. The first-order valence-electron chi connectivity index (χ1n) is 6.33. The topological polar surface area (TPSA) is 69.0 Å². The highest BCUT2D eigenvalue weighted by Gasteiger charge is 2.15. The van der Waals surface area contributed by atoms with E-state index in [9.17, 15) is 4.79 Å². The second kappa shape index (κ2) is 5.17. The summed E-state index contributed by atoms with van der Waals surface area (Å²) >= 11 is 1.43. The fourth-order valence-corrected chi connectivity index (χ4v) is 3.03. The lowest BCUT2D eigenvalue weighted by Crippen LogP contribution is -2.15. The summed E-state index contributed by atoms with van der Waals surface area (Å²) in [6, 6.07) is 5.52. The van der Waals surface area contributed by atoms with E-state index in [0.717, 1.165) is 15.8 Å². The van der Waals surface area contributed by atoms with Gasteiger partial charge < -0.3 is 4.74 Å². The summed E-state index contributed by atoms with van der Waals surface area (Å²) in [4.78, 5) is 16.6. The molecule has 0 radical (unpaired) electrons. The number of nitrogens with zero attached hydrogens (tertiary/aromatic N) is 3. The second-order valence-corrected chi connectivity index (χ2v) is 5.57. The van der Waals surface area contributed by atoms with Gasteiger partial charge in [0.25, 0.3) is 5.91 Å². The molecule has 0 aliphatic heterocycles. The van der Waals surface area contributed by atoms with Crippen molar-refractivity contribution in [1.82, 2.24) is 14.8 Å². The molecule has 0 saturated carbocycles. The molecule has 0 saturated heterocycles. The standard InChI is InChI=1S/C14H14N4O2S/c1-8-4-5-10(20-3)11-12(8)21-14(16-11)17-13(19)9-6-7-15-18(9)2/h4-7H,1-3H3,(H,16,17,19). The maximum absolute atomic E-state index is 12.2. The van der Waals surface area contributed by atoms with E-state index in [2.05, 4.69) is 15.4 Å². The highest BCUT2D eigenvalue weighted by Crippen LogP contribution is 2.34. The van der Waals surface area contributed by atoms with E-state index in [-0.39, 0.29) is 5.91 Å². The Bertz CT molecular complexity index is 822. The van der Waals surface area contributed by atoms with Crippen LogP contribution in [0.5, 0.6) is 5.75 Å². The first-order valence-corrected chi connectivity index (χ1v) is 7.15. The van der Waals surface area contributed by atoms with E-state index in [0.29, 0.717) is 16.6 Å². The Morgan fingerprint density at radius 1 is 1.38 bits per heavy atom. The molecule has 1 amide bonds. The zero-order valence-corrected chi connectivity index (χ0v) is 12.7. The molecule has 2 aromatic heterocycles. The molecule has 0 bridgehead atoms. The van der Waals surface area contributed by atoms with Gasteiger partial charge in [0.2, 0.25) is 0 Å². The molecule has 0 atom stereocenters. The van der Waals surface area contributed by atoms with Crippen LogP contribution < -0.4 is 10.1 Å². The maximum Gasteiger partial charge on any atom is 0.275 e. The Morgan fingerprint density at radius 2 is 2.19 bits per heavy atom. The van der Waals surface area contributed by atoms with E-state index >= 15 is 0 Å². The highest BCUT2D eigenvalue weighted by atomic mass is 32.1. The van der Waals surface area contributed by atoms with E-state index < -0.39 is 0 Å². The fourth-order valence-electron chi connectivity index (χ4n) is 2.09. The highest BCUT2D eigenvalue weighted by molar-refractivity contribution is 7.22. The lowest BCUT2D eigenvalue weighted by atomic mass is 10.2. The molecule has 3 rings (SSSR count). The summed E-state index contributed by atoms with van der Waals surface area (Å²) < 4.78 is 7.84. The molecule has 21 heavy (non-hydrogen) atoms. The molecule has 108 valence electrons. The number of methoxy groups -OCH3 is 1. The molecule has 3 aromatic rings. The van der Waals surface area contributed by atoms with Crippen molar-refractivity contribution in [2.45, 2.75) is 6.92 Å². The number of amides is 1. The van der Waals surface area contributed by atoms with Crippen molar-refractivity contribution in [1.29, 1.82) is 0 Å². The summed E-state index contributed by atoms with van der Waals surface area (Å²) in [6.45, 7) is 2.01. The van der Waals surface area contributed by atoms with Crippen LogP contribution in [0.25, 0.3) is 10.2 Å². The molecule has 0 aliphatic rings. The summed E-state index contributed by atoms with van der Waals surface area (Å²) in [5.41, 5.74) is 2.35. The molecule has 6 nitrogen and oxygen atoms in total. The smallest absolute Gasteiger partial charge is 0.275 e. The zero-order chi connectivity index (χ0) is 15.0. The molecule has 0 aliphatic carbocycles. The third-order valence-electron chi connectivity index (χ3n) is 3.20. The molecule has 0 unspecified atom stereocenters. The summed E-state index contributed by atoms with van der Waals surface area (Å²) in [5.74, 6) is 0.471. The number of carbonyl (C=O) groups excluding carboxylic acids is 1. The third kappa shape index (κ3) is 2.36. The lowest BCUT2D eigenvalue weighted by Gasteiger charge is -2.01. The Kier molecular flexibility index (Phi) is 3.34. The van der Waals surface area contributed by atoms with Crippen LogP contribution in [-0.2, 0) is 7.05 Å². The van der Waals surface area contributed by atoms with E-state index in [1.54, 1.807) is 26.4 Å². The number of anilines is 1. The second-order valence-electron chi connectivity index (χ2n) is 4.58. The number of aryl methyl sites for hydroxylation is 2. The lowest BCUT2D eigenvalue weighted by molar-refractivity contribution is 0.101. The molecule has 2 heterocycles. The SMILES string of the molecule is COc1ccc(C)c2sc(NC(=O)c3ccnn3C)nc12. The number of rotatable bonds is 3. The van der Waals surface area contributed by atoms with Gasteiger partial charge in [0, 0.05) is 13.2 Å². The normalized spacial score (nSPS) is 10.8. The minimum atomic E-state index is -0.231. The van der Waals surface area contributed by atoms with Crippen LogP contribution in [0.3, 0.4) is 0 Å². The first kappa shape index (κ1) is 13.6. The van der Waals surface area contributed by atoms with Crippen molar-refractivity contribution >= 4 is 32.6 Å². The predicted molar refractivity (Wildman–Crippen MR) is 82.1 cm³/mol. The third-order valence-corrected chi connectivity index (χ3v) is 4.30. The average molecular weight is 302 g/mol. The molecule has 0 spiro atoms. The zero-order valence-electron chi connectivity index (χ0n) is 11.9. The number of thiazole rings is 1. The van der Waals surface area contributed by atoms with Gasteiger partial charge in [0.15, 0.2) is 5.13 Å². The molecule has 7 heteroatoms. The first-order chi connectivity index (χ1) is 10.1. The molecule has 1 aromatic carbocycles. The molecular weight excluding hydrogens is 288 g/mol. The van der Waals surface area contributed by atoms with Crippen molar-refractivity contribution < 1.29 is 9.53 Å². The minimum absolute atomic E-state index is 0.231. The van der Waals surface area contributed by atoms with Gasteiger partial charge in [-0.05, 0) is 24.6 Å². The Balaban J connectivity index is 1.97. The van der Waals surface area contributed by atoms with E-state index in [4.69, 9.17) is 4.74 Å². The van der Waals surface area contributed by atoms with Gasteiger partial charge in [0.05, 0.1) is 11.8 Å². The summed E-state index contributed by atoms with van der Waals surface area (Å²) in [7, 11) is 3.33. The molecule has 0 fully saturated rings. The number of nitrogens with one attached hydrogen (secondary N) is 1. The largest absolute Gasteiger partial charge is 0.494 e. The van der Waals surface area contributed by atoms with Crippen molar-refractivity contribution in [2.24, 2.45) is 7.05 Å². The maximum atomic E-state index is 12.2. The van der Waals surface area contributed by atoms with Crippen LogP contribution >= 0.6 is 11.3 Å². The van der Waals surface area contributed by atoms with Crippen molar-refractivity contribution in [3.8, 4) is 5.75 Å². The van der Waals surface area contributed by atoms with Gasteiger partial charge in [0.1, 0.15) is 17.0 Å². The van der Waals surface area contributed by atoms with E-state index in [1.165, 1.54) is 16.0 Å². The van der Waals surface area contributed by atoms with Crippen LogP contribution in [-0.4, -0.2) is 27.8 Å². The van der Waals surface area contributed by atoms with Gasteiger partial charge in [-0.3, -0.25) is 14.8 Å². The van der Waals surface area contributed by atoms with Crippen LogP contribution in [0.2, 0.25) is 0 Å². The fraction of sp³-hybridized carbons (Fsp3) is 0.214. The van der Waals surface area contributed by atoms with Crippen LogP contribution in [0.15, 0.2) is 24.4 Å². The molecule has 1 N–H and O–H groups in total. The van der Waals surface area contributed by atoms with Gasteiger partial charge in [-0.15, -0.1) is 0 Å². The number of hydrogen-bond donors (Lipinski definition) is 1. The summed E-state index contributed by atoms with van der Waals surface area (Å²) in [5, 5.41) is 7.33. The van der Waals surface area contributed by atoms with E-state index in [1.807, 2.05) is 19.1 Å². The number of ether oxygens (including phenoxy) is 1. The molecular formula is C14H14N4O2S. The van der Waals surface area contributed by atoms with Gasteiger partial charge in [-0.1, -0.05) is 17.4 Å². The van der Waals surface area contributed by atoms with Gasteiger partial charge in [-0.25, -0.2) is 4.98 Å². The van der Waals surface area contributed by atoms with Gasteiger partial charge in [-0.2, -0.15) is 5.10 Å².